The van der Waals surface area contributed by atoms with Crippen LogP contribution in [-0.4, -0.2) is 66.9 Å². The van der Waals surface area contributed by atoms with E-state index in [0.717, 1.165) is 17.1 Å². The van der Waals surface area contributed by atoms with Crippen molar-refractivity contribution >= 4 is 23.2 Å². The fourth-order valence-electron chi connectivity index (χ4n) is 3.97. The molecule has 2 amide bonds. The Hall–Kier alpha value is -2.25. The van der Waals surface area contributed by atoms with Crippen LogP contribution in [0.5, 0.6) is 0 Å². The number of likely N-dealkylation sites (tertiary alicyclic amines) is 1. The molecule has 1 N–H and O–H groups in total. The summed E-state index contributed by atoms with van der Waals surface area (Å²) in [4.78, 5) is 34.5. The summed E-state index contributed by atoms with van der Waals surface area (Å²) in [5.74, 6) is 0.101. The van der Waals surface area contributed by atoms with E-state index >= 15 is 0 Å². The van der Waals surface area contributed by atoms with Crippen LogP contribution in [0.25, 0.3) is 10.6 Å². The van der Waals surface area contributed by atoms with Gasteiger partial charge in [-0.15, -0.1) is 11.3 Å². The summed E-state index contributed by atoms with van der Waals surface area (Å²) in [6.07, 6.45) is 3.08. The Kier molecular flexibility index (Phi) is 7.26. The maximum Gasteiger partial charge on any atom is 0.265 e. The van der Waals surface area contributed by atoms with Gasteiger partial charge < -0.3 is 15.1 Å². The van der Waals surface area contributed by atoms with E-state index < -0.39 is 0 Å². The van der Waals surface area contributed by atoms with Gasteiger partial charge in [-0.2, -0.15) is 0 Å². The average molecular weight is 429 g/mol. The van der Waals surface area contributed by atoms with Crippen LogP contribution in [0.2, 0.25) is 0 Å². The quantitative estimate of drug-likeness (QED) is 0.734. The topological polar surface area (TPSA) is 65.5 Å². The molecule has 1 aliphatic heterocycles. The molecule has 0 aliphatic carbocycles. The minimum absolute atomic E-state index is 0.0145. The summed E-state index contributed by atoms with van der Waals surface area (Å²) in [5, 5.41) is 3.97. The lowest BCUT2D eigenvalue weighted by molar-refractivity contribution is -0.126. The van der Waals surface area contributed by atoms with E-state index in [1.807, 2.05) is 49.3 Å². The first-order valence-corrected chi connectivity index (χ1v) is 11.3. The Morgan fingerprint density at radius 2 is 1.87 bits per heavy atom. The third-order valence-corrected chi connectivity index (χ3v) is 6.41. The summed E-state index contributed by atoms with van der Waals surface area (Å²) >= 11 is 1.42. The van der Waals surface area contributed by atoms with Gasteiger partial charge in [0, 0.05) is 37.7 Å². The van der Waals surface area contributed by atoms with Gasteiger partial charge in [0.25, 0.3) is 5.91 Å². The Morgan fingerprint density at radius 1 is 1.20 bits per heavy atom. The highest BCUT2D eigenvalue weighted by atomic mass is 32.1. The van der Waals surface area contributed by atoms with Crippen LogP contribution >= 0.6 is 11.3 Å². The number of hydrogen-bond donors (Lipinski definition) is 1. The molecule has 2 heterocycles. The van der Waals surface area contributed by atoms with Gasteiger partial charge in [0.05, 0.1) is 6.20 Å². The molecule has 0 saturated carbocycles. The SMILES string of the molecule is CN(C)CC(C)(C)CNC(=O)C1CCN(C(=O)c2cnc(-c3ccccc3)s2)CC1. The van der Waals surface area contributed by atoms with Crippen LogP contribution in [0.15, 0.2) is 36.5 Å². The monoisotopic (exact) mass is 428 g/mol. The maximum atomic E-state index is 12.9. The van der Waals surface area contributed by atoms with Gasteiger partial charge in [0.2, 0.25) is 5.91 Å². The number of carbonyl (C=O) groups excluding carboxylic acids is 2. The highest BCUT2D eigenvalue weighted by Crippen LogP contribution is 2.27. The normalized spacial score (nSPS) is 15.4. The van der Waals surface area contributed by atoms with E-state index in [2.05, 4.69) is 29.0 Å². The second kappa shape index (κ2) is 9.71. The van der Waals surface area contributed by atoms with Gasteiger partial charge in [-0.1, -0.05) is 44.2 Å². The van der Waals surface area contributed by atoms with Crippen molar-refractivity contribution in [2.75, 3.05) is 40.3 Å². The van der Waals surface area contributed by atoms with Crippen molar-refractivity contribution in [2.24, 2.45) is 11.3 Å². The first-order chi connectivity index (χ1) is 14.2. The number of thiazole rings is 1. The number of hydrogen-bond acceptors (Lipinski definition) is 5. The predicted molar refractivity (Wildman–Crippen MR) is 122 cm³/mol. The van der Waals surface area contributed by atoms with Crippen LogP contribution in [0, 0.1) is 11.3 Å². The van der Waals surface area contributed by atoms with E-state index in [4.69, 9.17) is 0 Å². The zero-order valence-corrected chi connectivity index (χ0v) is 19.2. The van der Waals surface area contributed by atoms with Crippen LogP contribution in [0.4, 0.5) is 0 Å². The molecule has 6 nitrogen and oxygen atoms in total. The molecule has 162 valence electrons. The fraction of sp³-hybridized carbons (Fsp3) is 0.522. The zero-order valence-electron chi connectivity index (χ0n) is 18.4. The highest BCUT2D eigenvalue weighted by Gasteiger charge is 2.29. The predicted octanol–water partition coefficient (Wildman–Crippen LogP) is 3.37. The van der Waals surface area contributed by atoms with Crippen molar-refractivity contribution in [1.82, 2.24) is 20.1 Å². The molecule has 0 unspecified atom stereocenters. The smallest absolute Gasteiger partial charge is 0.265 e. The van der Waals surface area contributed by atoms with Crippen molar-refractivity contribution in [3.05, 3.63) is 41.4 Å². The number of amides is 2. The van der Waals surface area contributed by atoms with E-state index in [-0.39, 0.29) is 23.1 Å². The summed E-state index contributed by atoms with van der Waals surface area (Å²) in [7, 11) is 4.09. The van der Waals surface area contributed by atoms with Crippen LogP contribution < -0.4 is 5.32 Å². The standard InChI is InChI=1S/C23H32N4O2S/c1-23(2,16-26(3)4)15-25-20(28)17-10-12-27(13-11-17)22(29)19-14-24-21(30-19)18-8-6-5-7-9-18/h5-9,14,17H,10-13,15-16H2,1-4H3,(H,25,28). The Balaban J connectivity index is 1.50. The molecule has 30 heavy (non-hydrogen) atoms. The van der Waals surface area contributed by atoms with Gasteiger partial charge in [-0.25, -0.2) is 4.98 Å². The fourth-order valence-corrected chi connectivity index (χ4v) is 4.86. The second-order valence-corrected chi connectivity index (χ2v) is 10.1. The van der Waals surface area contributed by atoms with E-state index in [1.54, 1.807) is 6.20 Å². The molecule has 7 heteroatoms. The van der Waals surface area contributed by atoms with Gasteiger partial charge in [0.15, 0.2) is 0 Å². The van der Waals surface area contributed by atoms with Crippen molar-refractivity contribution in [1.29, 1.82) is 0 Å². The molecule has 0 bridgehead atoms. The molecule has 1 aromatic carbocycles. The highest BCUT2D eigenvalue weighted by molar-refractivity contribution is 7.16. The molecule has 0 spiro atoms. The maximum absolute atomic E-state index is 12.9. The largest absolute Gasteiger partial charge is 0.355 e. The molecule has 2 aromatic rings. The van der Waals surface area contributed by atoms with Gasteiger partial charge in [0.1, 0.15) is 9.88 Å². The molecular weight excluding hydrogens is 396 g/mol. The van der Waals surface area contributed by atoms with Crippen molar-refractivity contribution in [3.63, 3.8) is 0 Å². The molecule has 3 rings (SSSR count). The van der Waals surface area contributed by atoms with Crippen molar-refractivity contribution < 1.29 is 9.59 Å². The zero-order chi connectivity index (χ0) is 21.7. The van der Waals surface area contributed by atoms with E-state index in [0.29, 0.717) is 37.4 Å². The Morgan fingerprint density at radius 3 is 2.50 bits per heavy atom. The van der Waals surface area contributed by atoms with Crippen molar-refractivity contribution in [2.45, 2.75) is 26.7 Å². The first kappa shape index (κ1) is 22.4. The lowest BCUT2D eigenvalue weighted by atomic mass is 9.91. The number of piperidine rings is 1. The molecule has 0 radical (unpaired) electrons. The molecule has 1 saturated heterocycles. The number of nitrogens with one attached hydrogen (secondary N) is 1. The number of rotatable bonds is 7. The lowest BCUT2D eigenvalue weighted by Crippen LogP contribution is -2.45. The number of carbonyl (C=O) groups is 2. The molecule has 1 aliphatic rings. The Labute approximate surface area is 183 Å². The lowest BCUT2D eigenvalue weighted by Gasteiger charge is -2.33. The van der Waals surface area contributed by atoms with E-state index in [9.17, 15) is 9.59 Å². The number of benzene rings is 1. The van der Waals surface area contributed by atoms with E-state index in [1.165, 1.54) is 11.3 Å². The Bertz CT molecular complexity index is 855. The summed E-state index contributed by atoms with van der Waals surface area (Å²) < 4.78 is 0. The molecule has 1 aromatic heterocycles. The van der Waals surface area contributed by atoms with Gasteiger partial charge in [-0.3, -0.25) is 9.59 Å². The minimum Gasteiger partial charge on any atom is -0.355 e. The second-order valence-electron chi connectivity index (χ2n) is 9.08. The minimum atomic E-state index is -0.0226. The number of aromatic nitrogens is 1. The third kappa shape index (κ3) is 5.89. The van der Waals surface area contributed by atoms with Crippen LogP contribution in [-0.2, 0) is 4.79 Å². The van der Waals surface area contributed by atoms with Gasteiger partial charge >= 0.3 is 0 Å². The number of nitrogens with zero attached hydrogens (tertiary/aromatic N) is 3. The van der Waals surface area contributed by atoms with Crippen LogP contribution in [0.1, 0.15) is 36.4 Å². The third-order valence-electron chi connectivity index (χ3n) is 5.38. The molecule has 1 fully saturated rings. The van der Waals surface area contributed by atoms with Crippen molar-refractivity contribution in [3.8, 4) is 10.6 Å². The average Bonchev–Trinajstić information content (AvgIpc) is 3.22. The summed E-state index contributed by atoms with van der Waals surface area (Å²) in [6, 6.07) is 9.89. The molecule has 0 atom stereocenters. The first-order valence-electron chi connectivity index (χ1n) is 10.5. The summed E-state index contributed by atoms with van der Waals surface area (Å²) in [5.41, 5.74) is 1.05. The van der Waals surface area contributed by atoms with Crippen LogP contribution in [0.3, 0.4) is 0 Å². The summed E-state index contributed by atoms with van der Waals surface area (Å²) in [6.45, 7) is 7.11. The van der Waals surface area contributed by atoms with Gasteiger partial charge in [-0.05, 0) is 32.4 Å². The molecular formula is C23H32N4O2S.